The number of alkyl halides is 3. The lowest BCUT2D eigenvalue weighted by atomic mass is 9.99. The average Bonchev–Trinajstić information content (AvgIpc) is 2.84. The quantitative estimate of drug-likeness (QED) is 0.744. The number of ketones is 1. The highest BCUT2D eigenvalue weighted by Crippen LogP contribution is 2.29. The Kier molecular flexibility index (Phi) is 6.29. The van der Waals surface area contributed by atoms with Gasteiger partial charge in [-0.25, -0.2) is 0 Å². The van der Waals surface area contributed by atoms with Crippen molar-refractivity contribution in [1.29, 1.82) is 0 Å². The lowest BCUT2D eigenvalue weighted by Crippen LogP contribution is -2.44. The van der Waals surface area contributed by atoms with Crippen LogP contribution in [0.5, 0.6) is 0 Å². The summed E-state index contributed by atoms with van der Waals surface area (Å²) in [6.07, 6.45) is -4.62. The SMILES string of the molecule is CC(=O)c1ccc(CNC2CN(C(=O)C(F)(F)F)CCc3cc(Cl)ccc32)cc1. The van der Waals surface area contributed by atoms with Crippen LogP contribution in [0, 0.1) is 0 Å². The van der Waals surface area contributed by atoms with Gasteiger partial charge in [-0.05, 0) is 42.2 Å². The van der Waals surface area contributed by atoms with Gasteiger partial charge < -0.3 is 10.2 Å². The Hall–Kier alpha value is -2.38. The number of fused-ring (bicyclic) bond motifs is 1. The molecule has 1 aliphatic rings. The van der Waals surface area contributed by atoms with E-state index in [0.29, 0.717) is 23.6 Å². The minimum absolute atomic E-state index is 0.0306. The average molecular weight is 425 g/mol. The molecule has 0 bridgehead atoms. The van der Waals surface area contributed by atoms with Crippen LogP contribution < -0.4 is 5.32 Å². The van der Waals surface area contributed by atoms with Crippen molar-refractivity contribution in [3.8, 4) is 0 Å². The number of benzene rings is 2. The standard InChI is InChI=1S/C21H20ClF3N2O2/c1-13(28)15-4-2-14(3-5-15)11-26-19-12-27(20(29)21(23,24)25)9-8-16-10-17(22)6-7-18(16)19/h2-7,10,19,26H,8-9,11-12H2,1H3. The molecule has 0 spiro atoms. The number of hydrogen-bond acceptors (Lipinski definition) is 3. The summed E-state index contributed by atoms with van der Waals surface area (Å²) in [6.45, 7) is 1.72. The summed E-state index contributed by atoms with van der Waals surface area (Å²) in [7, 11) is 0. The lowest BCUT2D eigenvalue weighted by Gasteiger charge is -2.26. The largest absolute Gasteiger partial charge is 0.471 e. The topological polar surface area (TPSA) is 49.4 Å². The highest BCUT2D eigenvalue weighted by molar-refractivity contribution is 6.30. The van der Waals surface area contributed by atoms with Gasteiger partial charge in [0.1, 0.15) is 0 Å². The third-order valence-corrected chi connectivity index (χ3v) is 5.21. The van der Waals surface area contributed by atoms with Gasteiger partial charge in [-0.2, -0.15) is 13.2 Å². The number of hydrogen-bond donors (Lipinski definition) is 1. The van der Waals surface area contributed by atoms with Crippen molar-refractivity contribution < 1.29 is 22.8 Å². The van der Waals surface area contributed by atoms with E-state index in [2.05, 4.69) is 5.32 Å². The molecular formula is C21H20ClF3N2O2. The summed E-state index contributed by atoms with van der Waals surface area (Å²) < 4.78 is 38.9. The first-order chi connectivity index (χ1) is 13.6. The molecule has 0 radical (unpaired) electrons. The first-order valence-corrected chi connectivity index (χ1v) is 9.50. The number of nitrogens with zero attached hydrogens (tertiary/aromatic N) is 1. The fraction of sp³-hybridized carbons (Fsp3) is 0.333. The summed E-state index contributed by atoms with van der Waals surface area (Å²) in [4.78, 5) is 24.1. The summed E-state index contributed by atoms with van der Waals surface area (Å²) in [5.74, 6) is -1.88. The number of amides is 1. The van der Waals surface area contributed by atoms with Crippen molar-refractivity contribution in [3.63, 3.8) is 0 Å². The number of Topliss-reactive ketones (excluding diaryl/α,β-unsaturated/α-hetero) is 1. The molecule has 2 aromatic carbocycles. The summed E-state index contributed by atoms with van der Waals surface area (Å²) in [6, 6.07) is 11.7. The van der Waals surface area contributed by atoms with Crippen LogP contribution in [0.15, 0.2) is 42.5 Å². The molecule has 1 atom stereocenters. The van der Waals surface area contributed by atoms with E-state index in [-0.39, 0.29) is 18.9 Å². The maximum absolute atomic E-state index is 13.0. The van der Waals surface area contributed by atoms with E-state index in [4.69, 9.17) is 11.6 Å². The van der Waals surface area contributed by atoms with Crippen molar-refractivity contribution in [2.75, 3.05) is 13.1 Å². The Labute approximate surface area is 171 Å². The zero-order chi connectivity index (χ0) is 21.2. The molecule has 1 heterocycles. The van der Waals surface area contributed by atoms with E-state index in [0.717, 1.165) is 21.6 Å². The molecule has 3 rings (SSSR count). The van der Waals surface area contributed by atoms with Gasteiger partial charge in [0.05, 0.1) is 6.04 Å². The van der Waals surface area contributed by atoms with Gasteiger partial charge >= 0.3 is 12.1 Å². The number of carbonyl (C=O) groups excluding carboxylic acids is 2. The third kappa shape index (κ3) is 5.16. The zero-order valence-corrected chi connectivity index (χ0v) is 16.5. The fourth-order valence-corrected chi connectivity index (χ4v) is 3.63. The van der Waals surface area contributed by atoms with Gasteiger partial charge in [-0.1, -0.05) is 41.9 Å². The van der Waals surface area contributed by atoms with Crippen LogP contribution in [0.25, 0.3) is 0 Å². The van der Waals surface area contributed by atoms with E-state index in [1.165, 1.54) is 6.92 Å². The third-order valence-electron chi connectivity index (χ3n) is 4.98. The van der Waals surface area contributed by atoms with E-state index in [1.807, 2.05) is 0 Å². The number of carbonyl (C=O) groups is 2. The molecule has 2 aromatic rings. The normalized spacial score (nSPS) is 16.9. The number of halogens is 4. The van der Waals surface area contributed by atoms with E-state index in [9.17, 15) is 22.8 Å². The highest BCUT2D eigenvalue weighted by Gasteiger charge is 2.43. The molecule has 0 saturated carbocycles. The van der Waals surface area contributed by atoms with Crippen molar-refractivity contribution >= 4 is 23.3 Å². The molecule has 1 unspecified atom stereocenters. The minimum Gasteiger partial charge on any atom is -0.333 e. The first-order valence-electron chi connectivity index (χ1n) is 9.13. The molecule has 1 aliphatic heterocycles. The molecule has 0 aromatic heterocycles. The number of rotatable bonds is 4. The Balaban J connectivity index is 1.82. The summed E-state index contributed by atoms with van der Waals surface area (Å²) in [5, 5.41) is 3.75. The minimum atomic E-state index is -4.92. The lowest BCUT2D eigenvalue weighted by molar-refractivity contribution is -0.185. The van der Waals surface area contributed by atoms with Crippen molar-refractivity contribution in [1.82, 2.24) is 10.2 Å². The second-order valence-electron chi connectivity index (χ2n) is 7.03. The maximum Gasteiger partial charge on any atom is 0.471 e. The van der Waals surface area contributed by atoms with Crippen LogP contribution in [0.1, 0.15) is 40.0 Å². The molecular weight excluding hydrogens is 405 g/mol. The second-order valence-corrected chi connectivity index (χ2v) is 7.47. The fourth-order valence-electron chi connectivity index (χ4n) is 3.43. The van der Waals surface area contributed by atoms with Crippen LogP contribution in [0.3, 0.4) is 0 Å². The maximum atomic E-state index is 13.0. The Morgan fingerprint density at radius 2 is 1.86 bits per heavy atom. The van der Waals surface area contributed by atoms with Gasteiger partial charge in [-0.15, -0.1) is 0 Å². The second kappa shape index (κ2) is 8.55. The number of nitrogens with one attached hydrogen (secondary N) is 1. The van der Waals surface area contributed by atoms with Gasteiger partial charge in [0.2, 0.25) is 0 Å². The molecule has 4 nitrogen and oxygen atoms in total. The summed E-state index contributed by atoms with van der Waals surface area (Å²) in [5.41, 5.74) is 3.11. The molecule has 0 fully saturated rings. The molecule has 8 heteroatoms. The van der Waals surface area contributed by atoms with Gasteiger partial charge in [-0.3, -0.25) is 9.59 Å². The van der Waals surface area contributed by atoms with Crippen LogP contribution in [0.4, 0.5) is 13.2 Å². The van der Waals surface area contributed by atoms with Crippen LogP contribution in [0.2, 0.25) is 5.02 Å². The van der Waals surface area contributed by atoms with Crippen LogP contribution >= 0.6 is 11.6 Å². The monoisotopic (exact) mass is 424 g/mol. The zero-order valence-electron chi connectivity index (χ0n) is 15.7. The first kappa shape index (κ1) is 21.3. The van der Waals surface area contributed by atoms with Crippen molar-refractivity contribution in [3.05, 3.63) is 69.7 Å². The Morgan fingerprint density at radius 1 is 1.17 bits per heavy atom. The smallest absolute Gasteiger partial charge is 0.333 e. The van der Waals surface area contributed by atoms with Crippen molar-refractivity contribution in [2.24, 2.45) is 0 Å². The Morgan fingerprint density at radius 3 is 2.48 bits per heavy atom. The van der Waals surface area contributed by atoms with Gasteiger partial charge in [0.15, 0.2) is 5.78 Å². The Bertz CT molecular complexity index is 913. The molecule has 0 saturated heterocycles. The molecule has 1 N–H and O–H groups in total. The predicted octanol–water partition coefficient (Wildman–Crippen LogP) is 4.32. The van der Waals surface area contributed by atoms with Gasteiger partial charge in [0.25, 0.3) is 0 Å². The molecule has 29 heavy (non-hydrogen) atoms. The molecule has 1 amide bonds. The predicted molar refractivity (Wildman–Crippen MR) is 104 cm³/mol. The van der Waals surface area contributed by atoms with E-state index in [1.54, 1.807) is 42.5 Å². The molecule has 154 valence electrons. The van der Waals surface area contributed by atoms with E-state index < -0.39 is 18.1 Å². The molecule has 0 aliphatic carbocycles. The summed E-state index contributed by atoms with van der Waals surface area (Å²) >= 11 is 6.05. The highest BCUT2D eigenvalue weighted by atomic mass is 35.5. The van der Waals surface area contributed by atoms with Crippen molar-refractivity contribution in [2.45, 2.75) is 32.1 Å². The van der Waals surface area contributed by atoms with Crippen LogP contribution in [-0.2, 0) is 17.8 Å². The van der Waals surface area contributed by atoms with Gasteiger partial charge in [0, 0.05) is 30.2 Å². The van der Waals surface area contributed by atoms with E-state index >= 15 is 0 Å². The van der Waals surface area contributed by atoms with Crippen LogP contribution in [-0.4, -0.2) is 35.9 Å².